The Balaban J connectivity index is 2.17. The van der Waals surface area contributed by atoms with Crippen molar-refractivity contribution in [3.63, 3.8) is 0 Å². The Kier molecular flexibility index (Phi) is 3.43. The summed E-state index contributed by atoms with van der Waals surface area (Å²) in [6.07, 6.45) is 0. The van der Waals surface area contributed by atoms with E-state index in [0.717, 1.165) is 16.2 Å². The average molecular weight is 291 g/mol. The fourth-order valence-electron chi connectivity index (χ4n) is 2.50. The van der Waals surface area contributed by atoms with Gasteiger partial charge in [0.05, 0.1) is 0 Å². The monoisotopic (exact) mass is 291 g/mol. The van der Waals surface area contributed by atoms with Gasteiger partial charge in [0.1, 0.15) is 0 Å². The van der Waals surface area contributed by atoms with Gasteiger partial charge in [0.25, 0.3) is 11.7 Å². The molecule has 0 heterocycles. The van der Waals surface area contributed by atoms with E-state index in [1.54, 1.807) is 12.1 Å². The van der Waals surface area contributed by atoms with E-state index in [2.05, 4.69) is 0 Å². The summed E-state index contributed by atoms with van der Waals surface area (Å²) in [6.45, 7) is 1.20. The molecule has 0 bridgehead atoms. The van der Waals surface area contributed by atoms with Crippen LogP contribution in [0.15, 0.2) is 54.6 Å². The third-order valence-electron chi connectivity index (χ3n) is 3.49. The minimum absolute atomic E-state index is 0.294. The lowest BCUT2D eigenvalue weighted by molar-refractivity contribution is -0.126. The van der Waals surface area contributed by atoms with Crippen LogP contribution < -0.4 is 5.32 Å². The van der Waals surface area contributed by atoms with Crippen molar-refractivity contribution in [3.8, 4) is 0 Å². The van der Waals surface area contributed by atoms with Crippen LogP contribution in [0.2, 0.25) is 0 Å². The van der Waals surface area contributed by atoms with Gasteiger partial charge in [0.2, 0.25) is 5.91 Å². The summed E-state index contributed by atoms with van der Waals surface area (Å²) in [5, 5.41) is 5.64. The molecule has 108 valence electrons. The van der Waals surface area contributed by atoms with Crippen molar-refractivity contribution in [2.75, 3.05) is 0 Å². The molecule has 0 saturated heterocycles. The number of ketones is 1. The van der Waals surface area contributed by atoms with Gasteiger partial charge in [-0.2, -0.15) is 0 Å². The maximum atomic E-state index is 12.3. The van der Waals surface area contributed by atoms with Crippen LogP contribution in [-0.2, 0) is 9.59 Å². The first-order valence-corrected chi connectivity index (χ1v) is 6.84. The molecule has 0 aliphatic heterocycles. The average Bonchev–Trinajstić information content (AvgIpc) is 2.51. The molecule has 4 heteroatoms. The van der Waals surface area contributed by atoms with E-state index in [1.165, 1.54) is 6.92 Å². The van der Waals surface area contributed by atoms with Gasteiger partial charge in [0, 0.05) is 12.5 Å². The predicted molar refractivity (Wildman–Crippen MR) is 84.6 cm³/mol. The highest BCUT2D eigenvalue weighted by molar-refractivity contribution is 6.46. The standard InChI is InChI=1S/C18H13NO3/c1-11(20)19-18(22)17(21)15-8-4-7-14-9-12-5-2-3-6-13(12)10-16(14)15/h2-10H,1H3,(H,19,20,22). The van der Waals surface area contributed by atoms with Gasteiger partial charge in [-0.15, -0.1) is 0 Å². The largest absolute Gasteiger partial charge is 0.298 e. The van der Waals surface area contributed by atoms with Gasteiger partial charge < -0.3 is 0 Å². The summed E-state index contributed by atoms with van der Waals surface area (Å²) in [6, 6.07) is 16.9. The smallest absolute Gasteiger partial charge is 0.290 e. The number of hydrogen-bond donors (Lipinski definition) is 1. The second kappa shape index (κ2) is 5.41. The number of carbonyl (C=O) groups is 3. The van der Waals surface area contributed by atoms with Crippen LogP contribution in [0.5, 0.6) is 0 Å². The molecule has 0 spiro atoms. The Morgan fingerprint density at radius 3 is 2.14 bits per heavy atom. The number of fused-ring (bicyclic) bond motifs is 2. The Hall–Kier alpha value is -3.01. The number of benzene rings is 3. The first-order valence-electron chi connectivity index (χ1n) is 6.84. The molecule has 0 radical (unpaired) electrons. The van der Waals surface area contributed by atoms with Crippen molar-refractivity contribution >= 4 is 39.1 Å². The molecule has 0 aliphatic rings. The fourth-order valence-corrected chi connectivity index (χ4v) is 2.50. The molecular weight excluding hydrogens is 278 g/mol. The summed E-state index contributed by atoms with van der Waals surface area (Å²) in [5.74, 6) is -2.17. The van der Waals surface area contributed by atoms with Crippen LogP contribution in [0.3, 0.4) is 0 Å². The van der Waals surface area contributed by atoms with Gasteiger partial charge in [-0.25, -0.2) is 0 Å². The molecule has 3 aromatic carbocycles. The van der Waals surface area contributed by atoms with Crippen LogP contribution in [0.1, 0.15) is 17.3 Å². The predicted octanol–water partition coefficient (Wildman–Crippen LogP) is 2.84. The highest BCUT2D eigenvalue weighted by Crippen LogP contribution is 2.25. The number of amides is 2. The maximum Gasteiger partial charge on any atom is 0.298 e. The molecule has 0 aromatic heterocycles. The summed E-state index contributed by atoms with van der Waals surface area (Å²) in [5.41, 5.74) is 0.294. The van der Waals surface area contributed by atoms with E-state index in [9.17, 15) is 14.4 Å². The van der Waals surface area contributed by atoms with Crippen molar-refractivity contribution < 1.29 is 14.4 Å². The van der Waals surface area contributed by atoms with Crippen molar-refractivity contribution in [1.29, 1.82) is 0 Å². The van der Waals surface area contributed by atoms with Gasteiger partial charge in [0.15, 0.2) is 0 Å². The van der Waals surface area contributed by atoms with E-state index in [-0.39, 0.29) is 0 Å². The van der Waals surface area contributed by atoms with Crippen molar-refractivity contribution in [2.24, 2.45) is 0 Å². The summed E-state index contributed by atoms with van der Waals surface area (Å²) < 4.78 is 0. The lowest BCUT2D eigenvalue weighted by Gasteiger charge is -2.07. The van der Waals surface area contributed by atoms with Crippen LogP contribution in [0.25, 0.3) is 21.5 Å². The molecule has 1 N–H and O–H groups in total. The Bertz CT molecular complexity index is 928. The van der Waals surface area contributed by atoms with E-state index in [0.29, 0.717) is 10.9 Å². The number of imide groups is 1. The minimum Gasteiger partial charge on any atom is -0.290 e. The first-order chi connectivity index (χ1) is 10.6. The van der Waals surface area contributed by atoms with E-state index in [1.807, 2.05) is 47.8 Å². The molecule has 0 fully saturated rings. The van der Waals surface area contributed by atoms with E-state index >= 15 is 0 Å². The number of carbonyl (C=O) groups excluding carboxylic acids is 3. The highest BCUT2D eigenvalue weighted by atomic mass is 16.2. The maximum absolute atomic E-state index is 12.3. The molecule has 2 amide bonds. The zero-order valence-electron chi connectivity index (χ0n) is 11.9. The third kappa shape index (κ3) is 2.46. The zero-order chi connectivity index (χ0) is 15.7. The Morgan fingerprint density at radius 1 is 0.818 bits per heavy atom. The van der Waals surface area contributed by atoms with Crippen LogP contribution in [0, 0.1) is 0 Å². The molecule has 0 atom stereocenters. The lowest BCUT2D eigenvalue weighted by atomic mass is 9.97. The van der Waals surface area contributed by atoms with E-state index in [4.69, 9.17) is 0 Å². The number of hydrogen-bond acceptors (Lipinski definition) is 3. The molecule has 0 unspecified atom stereocenters. The van der Waals surface area contributed by atoms with E-state index < -0.39 is 17.6 Å². The molecule has 3 aromatic rings. The van der Waals surface area contributed by atoms with Gasteiger partial charge in [-0.05, 0) is 33.7 Å². The van der Waals surface area contributed by atoms with Crippen LogP contribution in [0.4, 0.5) is 0 Å². The second-order valence-corrected chi connectivity index (χ2v) is 5.07. The third-order valence-corrected chi connectivity index (χ3v) is 3.49. The van der Waals surface area contributed by atoms with Crippen molar-refractivity contribution in [1.82, 2.24) is 5.32 Å². The molecule has 4 nitrogen and oxygen atoms in total. The zero-order valence-corrected chi connectivity index (χ0v) is 11.9. The van der Waals surface area contributed by atoms with Crippen LogP contribution >= 0.6 is 0 Å². The second-order valence-electron chi connectivity index (χ2n) is 5.07. The van der Waals surface area contributed by atoms with Gasteiger partial charge >= 0.3 is 0 Å². The fraction of sp³-hybridized carbons (Fsp3) is 0.0556. The van der Waals surface area contributed by atoms with Gasteiger partial charge in [-0.1, -0.05) is 42.5 Å². The van der Waals surface area contributed by atoms with Gasteiger partial charge in [-0.3, -0.25) is 19.7 Å². The SMILES string of the molecule is CC(=O)NC(=O)C(=O)c1cccc2cc3ccccc3cc12. The molecule has 0 saturated carbocycles. The topological polar surface area (TPSA) is 63.2 Å². The highest BCUT2D eigenvalue weighted by Gasteiger charge is 2.19. The van der Waals surface area contributed by atoms with Crippen molar-refractivity contribution in [2.45, 2.75) is 6.92 Å². The molecular formula is C18H13NO3. The molecule has 0 aliphatic carbocycles. The first kappa shape index (κ1) is 13.9. The molecule has 3 rings (SSSR count). The number of nitrogens with one attached hydrogen (secondary N) is 1. The normalized spacial score (nSPS) is 10.6. The Morgan fingerprint density at radius 2 is 1.45 bits per heavy atom. The Labute approximate surface area is 126 Å². The number of rotatable bonds is 2. The van der Waals surface area contributed by atoms with Crippen molar-refractivity contribution in [3.05, 3.63) is 60.2 Å². The minimum atomic E-state index is -0.909. The molecule has 22 heavy (non-hydrogen) atoms. The summed E-state index contributed by atoms with van der Waals surface area (Å²) in [4.78, 5) is 35.0. The lowest BCUT2D eigenvalue weighted by Crippen LogP contribution is -2.34. The number of Topliss-reactive ketones (excluding diaryl/α,β-unsaturated/α-hetero) is 1. The summed E-state index contributed by atoms with van der Waals surface area (Å²) in [7, 11) is 0. The van der Waals surface area contributed by atoms with Crippen LogP contribution in [-0.4, -0.2) is 17.6 Å². The quantitative estimate of drug-likeness (QED) is 0.448. The summed E-state index contributed by atoms with van der Waals surface area (Å²) >= 11 is 0.